The lowest BCUT2D eigenvalue weighted by atomic mass is 9.57. The summed E-state index contributed by atoms with van der Waals surface area (Å²) in [6.07, 6.45) is 1.68. The molecule has 2 fully saturated rings. The lowest BCUT2D eigenvalue weighted by Crippen LogP contribution is -2.65. The molecule has 1 saturated carbocycles. The number of aryl methyl sites for hydroxylation is 1. The molecule has 3 unspecified atom stereocenters. The molecule has 3 atom stereocenters. The number of nitrogens with one attached hydrogen (secondary N) is 1. The van der Waals surface area contributed by atoms with Crippen LogP contribution in [0.4, 0.5) is 0 Å². The van der Waals surface area contributed by atoms with E-state index in [0.717, 1.165) is 18.2 Å². The largest absolute Gasteiger partial charge is 0.377 e. The van der Waals surface area contributed by atoms with Crippen LogP contribution in [-0.4, -0.2) is 23.7 Å². The second kappa shape index (κ2) is 4.04. The molecule has 3 nitrogen and oxygen atoms in total. The van der Waals surface area contributed by atoms with Crippen molar-refractivity contribution in [2.75, 3.05) is 6.61 Å². The molecule has 1 saturated heterocycles. The second-order valence-corrected chi connectivity index (χ2v) is 6.84. The van der Waals surface area contributed by atoms with Crippen molar-refractivity contribution in [1.29, 1.82) is 0 Å². The van der Waals surface area contributed by atoms with Crippen molar-refractivity contribution in [3.05, 3.63) is 16.1 Å². The summed E-state index contributed by atoms with van der Waals surface area (Å²) in [6, 6.07) is 0.581. The fourth-order valence-corrected chi connectivity index (χ4v) is 4.06. The van der Waals surface area contributed by atoms with Crippen LogP contribution in [-0.2, 0) is 11.3 Å². The monoisotopic (exact) mass is 252 g/mol. The molecule has 0 bridgehead atoms. The highest BCUT2D eigenvalue weighted by atomic mass is 32.1. The van der Waals surface area contributed by atoms with Crippen molar-refractivity contribution in [2.24, 2.45) is 11.3 Å². The topological polar surface area (TPSA) is 34.2 Å². The molecule has 0 spiro atoms. The van der Waals surface area contributed by atoms with Gasteiger partial charge in [0, 0.05) is 35.9 Å². The summed E-state index contributed by atoms with van der Waals surface area (Å²) in [5.41, 5.74) is 1.44. The Bertz CT molecular complexity index is 415. The summed E-state index contributed by atoms with van der Waals surface area (Å²) in [7, 11) is 0. The van der Waals surface area contributed by atoms with Crippen LogP contribution in [0.25, 0.3) is 0 Å². The number of nitrogens with zero attached hydrogens (tertiary/aromatic N) is 1. The lowest BCUT2D eigenvalue weighted by Gasteiger charge is -2.54. The van der Waals surface area contributed by atoms with E-state index in [1.807, 2.05) is 0 Å². The molecule has 3 rings (SSSR count). The van der Waals surface area contributed by atoms with Crippen LogP contribution in [0.1, 0.15) is 31.0 Å². The normalized spacial score (nSPS) is 34.4. The third-order valence-corrected chi connectivity index (χ3v) is 5.09. The van der Waals surface area contributed by atoms with E-state index in [9.17, 15) is 0 Å². The highest BCUT2D eigenvalue weighted by Gasteiger charge is 2.58. The van der Waals surface area contributed by atoms with E-state index >= 15 is 0 Å². The maximum Gasteiger partial charge on any atom is 0.0897 e. The second-order valence-electron chi connectivity index (χ2n) is 5.78. The smallest absolute Gasteiger partial charge is 0.0897 e. The first-order chi connectivity index (χ1) is 8.09. The van der Waals surface area contributed by atoms with Crippen LogP contribution in [0.5, 0.6) is 0 Å². The Balaban J connectivity index is 1.62. The van der Waals surface area contributed by atoms with Crippen LogP contribution in [0.3, 0.4) is 0 Å². The maximum absolute atomic E-state index is 5.80. The first-order valence-corrected chi connectivity index (χ1v) is 7.23. The average Bonchev–Trinajstić information content (AvgIpc) is 2.86. The molecule has 0 aromatic carbocycles. The highest BCUT2D eigenvalue weighted by molar-refractivity contribution is 7.09. The Morgan fingerprint density at radius 1 is 1.59 bits per heavy atom. The highest BCUT2D eigenvalue weighted by Crippen LogP contribution is 2.52. The number of ether oxygens (including phenoxy) is 1. The van der Waals surface area contributed by atoms with Gasteiger partial charge in [0.25, 0.3) is 0 Å². The Labute approximate surface area is 107 Å². The molecule has 1 aromatic rings. The van der Waals surface area contributed by atoms with E-state index in [-0.39, 0.29) is 5.41 Å². The third kappa shape index (κ3) is 1.83. The molecule has 2 heterocycles. The van der Waals surface area contributed by atoms with Crippen LogP contribution < -0.4 is 5.32 Å². The molecule has 0 amide bonds. The number of aromatic nitrogens is 1. The van der Waals surface area contributed by atoms with E-state index in [1.165, 1.54) is 12.1 Å². The lowest BCUT2D eigenvalue weighted by molar-refractivity contribution is -0.113. The number of hydrogen-bond acceptors (Lipinski definition) is 4. The fourth-order valence-electron chi connectivity index (χ4n) is 3.44. The molecule has 0 radical (unpaired) electrons. The minimum Gasteiger partial charge on any atom is -0.377 e. The van der Waals surface area contributed by atoms with Gasteiger partial charge in [-0.2, -0.15) is 0 Å². The molecule has 1 N–H and O–H groups in total. The SMILES string of the molecule is Cc1nc(CNC2C3CCOC3C2(C)C)cs1. The first-order valence-electron chi connectivity index (χ1n) is 6.35. The van der Waals surface area contributed by atoms with Gasteiger partial charge in [-0.25, -0.2) is 4.98 Å². The predicted molar refractivity (Wildman–Crippen MR) is 69.1 cm³/mol. The summed E-state index contributed by atoms with van der Waals surface area (Å²) in [5.74, 6) is 0.713. The summed E-state index contributed by atoms with van der Waals surface area (Å²) in [5, 5.41) is 6.97. The summed E-state index contributed by atoms with van der Waals surface area (Å²) >= 11 is 1.73. The van der Waals surface area contributed by atoms with Crippen LogP contribution in [0, 0.1) is 18.3 Å². The van der Waals surface area contributed by atoms with Crippen molar-refractivity contribution >= 4 is 11.3 Å². The van der Waals surface area contributed by atoms with Crippen molar-refractivity contribution in [2.45, 2.75) is 45.9 Å². The number of rotatable bonds is 3. The van der Waals surface area contributed by atoms with E-state index in [1.54, 1.807) is 11.3 Å². The fraction of sp³-hybridized carbons (Fsp3) is 0.769. The minimum atomic E-state index is 0.270. The van der Waals surface area contributed by atoms with Crippen molar-refractivity contribution in [3.63, 3.8) is 0 Å². The van der Waals surface area contributed by atoms with Gasteiger partial charge in [0.15, 0.2) is 0 Å². The van der Waals surface area contributed by atoms with E-state index in [2.05, 4.69) is 36.5 Å². The van der Waals surface area contributed by atoms with Crippen molar-refractivity contribution in [3.8, 4) is 0 Å². The van der Waals surface area contributed by atoms with Gasteiger partial charge in [-0.15, -0.1) is 11.3 Å². The van der Waals surface area contributed by atoms with Gasteiger partial charge < -0.3 is 10.1 Å². The first kappa shape index (κ1) is 11.6. The molecule has 94 valence electrons. The maximum atomic E-state index is 5.80. The summed E-state index contributed by atoms with van der Waals surface area (Å²) in [4.78, 5) is 4.50. The van der Waals surface area contributed by atoms with Gasteiger partial charge in [0.05, 0.1) is 16.8 Å². The zero-order chi connectivity index (χ0) is 12.0. The molecular formula is C13H20N2OS. The molecule has 1 aromatic heterocycles. The van der Waals surface area contributed by atoms with Gasteiger partial charge in [-0.1, -0.05) is 13.8 Å². The van der Waals surface area contributed by atoms with Crippen molar-refractivity contribution < 1.29 is 4.74 Å². The third-order valence-electron chi connectivity index (χ3n) is 4.27. The van der Waals surface area contributed by atoms with Gasteiger partial charge in [-0.05, 0) is 13.3 Å². The molecule has 1 aliphatic heterocycles. The average molecular weight is 252 g/mol. The number of fused-ring (bicyclic) bond motifs is 1. The molecular weight excluding hydrogens is 232 g/mol. The van der Waals surface area contributed by atoms with Crippen LogP contribution in [0.2, 0.25) is 0 Å². The Kier molecular flexibility index (Phi) is 2.76. The minimum absolute atomic E-state index is 0.270. The standard InChI is InChI=1S/C13H20N2OS/c1-8-15-9(7-17-8)6-14-11-10-4-5-16-12(10)13(11,2)3/h7,10-12,14H,4-6H2,1-3H3. The Hall–Kier alpha value is -0.450. The predicted octanol–water partition coefficient (Wildman–Crippen LogP) is 2.35. The van der Waals surface area contributed by atoms with Gasteiger partial charge in [-0.3, -0.25) is 0 Å². The van der Waals surface area contributed by atoms with Gasteiger partial charge in [0.1, 0.15) is 0 Å². The van der Waals surface area contributed by atoms with E-state index in [0.29, 0.717) is 18.1 Å². The zero-order valence-corrected chi connectivity index (χ0v) is 11.5. The molecule has 1 aliphatic carbocycles. The Morgan fingerprint density at radius 2 is 2.41 bits per heavy atom. The number of thiazole rings is 1. The number of hydrogen-bond donors (Lipinski definition) is 1. The molecule has 2 aliphatic rings. The van der Waals surface area contributed by atoms with Gasteiger partial charge in [0.2, 0.25) is 0 Å². The summed E-state index contributed by atoms with van der Waals surface area (Å²) < 4.78 is 5.80. The van der Waals surface area contributed by atoms with Crippen LogP contribution in [0.15, 0.2) is 5.38 Å². The van der Waals surface area contributed by atoms with E-state index < -0.39 is 0 Å². The summed E-state index contributed by atoms with van der Waals surface area (Å²) in [6.45, 7) is 8.50. The van der Waals surface area contributed by atoms with Crippen LogP contribution >= 0.6 is 11.3 Å². The van der Waals surface area contributed by atoms with E-state index in [4.69, 9.17) is 4.74 Å². The van der Waals surface area contributed by atoms with Crippen molar-refractivity contribution in [1.82, 2.24) is 10.3 Å². The zero-order valence-electron chi connectivity index (χ0n) is 10.7. The van der Waals surface area contributed by atoms with Gasteiger partial charge >= 0.3 is 0 Å². The molecule has 4 heteroatoms. The Morgan fingerprint density at radius 3 is 3.12 bits per heavy atom. The molecule has 17 heavy (non-hydrogen) atoms. The quantitative estimate of drug-likeness (QED) is 0.896.